The zero-order valence-electron chi connectivity index (χ0n) is 30.3. The van der Waals surface area contributed by atoms with Gasteiger partial charge >= 0.3 is 11.9 Å². The Hall–Kier alpha value is -3.43. The normalized spacial score (nSPS) is 27.3. The van der Waals surface area contributed by atoms with Crippen molar-refractivity contribution in [3.63, 3.8) is 0 Å². The number of esters is 2. The number of aryl methyl sites for hydroxylation is 1. The fourth-order valence-electron chi connectivity index (χ4n) is 7.19. The molecule has 0 unspecified atom stereocenters. The lowest BCUT2D eigenvalue weighted by Crippen LogP contribution is -2.50. The molecule has 264 valence electrons. The summed E-state index contributed by atoms with van der Waals surface area (Å²) in [4.78, 5) is 53.7. The van der Waals surface area contributed by atoms with Crippen molar-refractivity contribution in [1.29, 1.82) is 0 Å². The highest BCUT2D eigenvalue weighted by Crippen LogP contribution is 2.42. The number of amides is 1. The van der Waals surface area contributed by atoms with Crippen molar-refractivity contribution in [3.8, 4) is 11.6 Å². The third-order valence-electron chi connectivity index (χ3n) is 9.78. The Morgan fingerprint density at radius 3 is 2.42 bits per heavy atom. The number of methoxy groups -OCH3 is 1. The standard InChI is InChI=1S/C38H55N3O7/c1-22(2)17-25-31-21-41(33(25)36(44)48-38(6,7)8)35(43)26(37(3,4)5)20-32(42)46-30-18-23(30)13-11-10-12-14-28-34(47-31)40-29-19-24(45-9)15-16-27(29)39-28/h15-16,19,22-23,25-26,30-31,33H,10-14,17-18,20-21H2,1-9H3/t23-,25-,26-,30-,31+,33+/m1/s1. The first kappa shape index (κ1) is 35.9. The van der Waals surface area contributed by atoms with E-state index in [1.165, 1.54) is 0 Å². The fourth-order valence-corrected chi connectivity index (χ4v) is 7.19. The van der Waals surface area contributed by atoms with E-state index in [0.717, 1.165) is 43.3 Å². The molecule has 1 aliphatic carbocycles. The monoisotopic (exact) mass is 665 g/mol. The average molecular weight is 666 g/mol. The van der Waals surface area contributed by atoms with Crippen LogP contribution in [0.25, 0.3) is 11.0 Å². The summed E-state index contributed by atoms with van der Waals surface area (Å²) in [6.45, 7) is 15.7. The zero-order valence-corrected chi connectivity index (χ0v) is 30.3. The van der Waals surface area contributed by atoms with Gasteiger partial charge in [-0.2, -0.15) is 0 Å². The van der Waals surface area contributed by atoms with Gasteiger partial charge in [0.25, 0.3) is 0 Å². The first-order valence-corrected chi connectivity index (χ1v) is 17.8. The number of nitrogens with zero attached hydrogens (tertiary/aromatic N) is 3. The molecule has 1 aromatic heterocycles. The summed E-state index contributed by atoms with van der Waals surface area (Å²) >= 11 is 0. The molecule has 6 atom stereocenters. The van der Waals surface area contributed by atoms with Gasteiger partial charge in [-0.25, -0.2) is 14.8 Å². The van der Waals surface area contributed by atoms with Gasteiger partial charge in [-0.15, -0.1) is 0 Å². The zero-order chi connectivity index (χ0) is 35.0. The van der Waals surface area contributed by atoms with Crippen LogP contribution in [0, 0.1) is 29.1 Å². The van der Waals surface area contributed by atoms with Gasteiger partial charge in [0.2, 0.25) is 11.8 Å². The summed E-state index contributed by atoms with van der Waals surface area (Å²) in [5.41, 5.74) is 0.840. The average Bonchev–Trinajstić information content (AvgIpc) is 3.62. The summed E-state index contributed by atoms with van der Waals surface area (Å²) in [5.74, 6) is -0.513. The third kappa shape index (κ3) is 8.58. The molecule has 2 aromatic rings. The molecule has 2 bridgehead atoms. The number of hydrogen-bond acceptors (Lipinski definition) is 9. The van der Waals surface area contributed by atoms with Crippen molar-refractivity contribution in [3.05, 3.63) is 23.9 Å². The predicted molar refractivity (Wildman–Crippen MR) is 183 cm³/mol. The maximum atomic E-state index is 14.7. The Morgan fingerprint density at radius 1 is 1.00 bits per heavy atom. The molecule has 10 heteroatoms. The first-order chi connectivity index (χ1) is 22.5. The van der Waals surface area contributed by atoms with E-state index in [2.05, 4.69) is 13.8 Å². The van der Waals surface area contributed by atoms with Crippen molar-refractivity contribution in [2.24, 2.45) is 29.1 Å². The maximum absolute atomic E-state index is 14.7. The van der Waals surface area contributed by atoms with Crippen molar-refractivity contribution in [1.82, 2.24) is 14.9 Å². The van der Waals surface area contributed by atoms with Gasteiger partial charge in [0.05, 0.1) is 37.0 Å². The Labute approximate surface area is 285 Å². The molecule has 2 fully saturated rings. The van der Waals surface area contributed by atoms with Gasteiger partial charge < -0.3 is 23.8 Å². The largest absolute Gasteiger partial charge is 0.497 e. The molecule has 0 N–H and O–H groups in total. The van der Waals surface area contributed by atoms with Gasteiger partial charge in [0.15, 0.2) is 0 Å². The smallest absolute Gasteiger partial charge is 0.329 e. The molecule has 1 saturated carbocycles. The van der Waals surface area contributed by atoms with Crippen LogP contribution in [-0.2, 0) is 30.3 Å². The van der Waals surface area contributed by atoms with Gasteiger partial charge in [0.1, 0.15) is 35.3 Å². The minimum absolute atomic E-state index is 0.0500. The highest BCUT2D eigenvalue weighted by atomic mass is 16.6. The lowest BCUT2D eigenvalue weighted by molar-refractivity contribution is -0.167. The van der Waals surface area contributed by atoms with Gasteiger partial charge in [0, 0.05) is 12.0 Å². The number of aromatic nitrogens is 2. The lowest BCUT2D eigenvalue weighted by atomic mass is 9.77. The molecule has 5 rings (SSSR count). The Morgan fingerprint density at radius 2 is 1.75 bits per heavy atom. The molecular formula is C38H55N3O7. The van der Waals surface area contributed by atoms with Gasteiger partial charge in [-0.05, 0) is 82.3 Å². The molecule has 48 heavy (non-hydrogen) atoms. The van der Waals surface area contributed by atoms with Crippen molar-refractivity contribution in [2.45, 2.75) is 131 Å². The minimum Gasteiger partial charge on any atom is -0.497 e. The minimum atomic E-state index is -0.892. The lowest BCUT2D eigenvalue weighted by Gasteiger charge is -2.36. The summed E-state index contributed by atoms with van der Waals surface area (Å²) in [7, 11) is 1.62. The molecule has 2 aliphatic heterocycles. The van der Waals surface area contributed by atoms with Crippen LogP contribution in [0.1, 0.15) is 106 Å². The van der Waals surface area contributed by atoms with E-state index in [1.807, 2.05) is 59.7 Å². The number of fused-ring (bicyclic) bond motifs is 5. The van der Waals surface area contributed by atoms with Crippen LogP contribution in [0.4, 0.5) is 0 Å². The Bertz CT molecular complexity index is 1490. The van der Waals surface area contributed by atoms with E-state index in [4.69, 9.17) is 28.9 Å². The summed E-state index contributed by atoms with van der Waals surface area (Å²) in [5, 5.41) is 0. The van der Waals surface area contributed by atoms with E-state index >= 15 is 0 Å². The second-order valence-corrected chi connectivity index (χ2v) is 16.5. The van der Waals surface area contributed by atoms with Crippen molar-refractivity contribution < 1.29 is 33.3 Å². The molecule has 10 nitrogen and oxygen atoms in total. The molecule has 1 amide bonds. The second kappa shape index (κ2) is 14.2. The van der Waals surface area contributed by atoms with Gasteiger partial charge in [-0.3, -0.25) is 9.59 Å². The summed E-state index contributed by atoms with van der Waals surface area (Å²) in [6.07, 6.45) is 5.41. The fraction of sp³-hybridized carbons (Fsp3) is 0.711. The quantitative estimate of drug-likeness (QED) is 0.329. The van der Waals surface area contributed by atoms with Crippen molar-refractivity contribution in [2.75, 3.05) is 13.7 Å². The van der Waals surface area contributed by atoms with Crippen LogP contribution in [-0.4, -0.2) is 70.2 Å². The number of carbonyl (C=O) groups is 3. The molecular weight excluding hydrogens is 610 g/mol. The Balaban J connectivity index is 1.60. The molecule has 3 aliphatic rings. The molecule has 3 heterocycles. The number of carbonyl (C=O) groups excluding carboxylic acids is 3. The molecule has 1 saturated heterocycles. The van der Waals surface area contributed by atoms with Gasteiger partial charge in [-0.1, -0.05) is 47.5 Å². The maximum Gasteiger partial charge on any atom is 0.329 e. The highest BCUT2D eigenvalue weighted by molar-refractivity contribution is 5.90. The van der Waals surface area contributed by atoms with E-state index in [0.29, 0.717) is 35.9 Å². The highest BCUT2D eigenvalue weighted by Gasteiger charge is 2.53. The Kier molecular flexibility index (Phi) is 10.6. The van der Waals surface area contributed by atoms with E-state index < -0.39 is 35.0 Å². The van der Waals surface area contributed by atoms with Crippen LogP contribution in [0.15, 0.2) is 18.2 Å². The van der Waals surface area contributed by atoms with Crippen LogP contribution in [0.5, 0.6) is 11.6 Å². The topological polar surface area (TPSA) is 117 Å². The van der Waals surface area contributed by atoms with Crippen molar-refractivity contribution >= 4 is 28.9 Å². The van der Waals surface area contributed by atoms with E-state index in [1.54, 1.807) is 12.0 Å². The number of benzene rings is 1. The van der Waals surface area contributed by atoms with E-state index in [9.17, 15) is 14.4 Å². The molecule has 0 spiro atoms. The number of rotatable bonds is 4. The van der Waals surface area contributed by atoms with Crippen LogP contribution in [0.2, 0.25) is 0 Å². The summed E-state index contributed by atoms with van der Waals surface area (Å²) in [6, 6.07) is 4.73. The number of hydrogen-bond donors (Lipinski definition) is 0. The van der Waals surface area contributed by atoms with E-state index in [-0.39, 0.29) is 42.8 Å². The second-order valence-electron chi connectivity index (χ2n) is 16.5. The third-order valence-corrected chi connectivity index (χ3v) is 9.78. The molecule has 0 radical (unpaired) electrons. The number of ether oxygens (including phenoxy) is 4. The first-order valence-electron chi connectivity index (χ1n) is 17.8. The van der Waals surface area contributed by atoms with Crippen LogP contribution >= 0.6 is 0 Å². The van der Waals surface area contributed by atoms with Crippen LogP contribution in [0.3, 0.4) is 0 Å². The summed E-state index contributed by atoms with van der Waals surface area (Å²) < 4.78 is 24.2. The SMILES string of the molecule is COc1ccc2nc3c(nc2c1)O[C@H]1CN(C(=O)[C@H](C(C)(C)C)CC(=O)O[C@@H]2C[C@H]2CCCCC3)[C@H](C(=O)OC(C)(C)C)[C@@H]1CC(C)C. The van der Waals surface area contributed by atoms with Crippen LogP contribution < -0.4 is 9.47 Å². The predicted octanol–water partition coefficient (Wildman–Crippen LogP) is 6.70. The molecule has 1 aromatic carbocycles.